The Labute approximate surface area is 168 Å². The highest BCUT2D eigenvalue weighted by molar-refractivity contribution is 5.84. The molecule has 1 aliphatic heterocycles. The molecule has 0 aliphatic carbocycles. The molecular weight excluding hydrogens is 368 g/mol. The fourth-order valence-corrected chi connectivity index (χ4v) is 4.12. The van der Waals surface area contributed by atoms with Gasteiger partial charge < -0.3 is 14.4 Å². The number of esters is 1. The molecule has 3 heterocycles. The van der Waals surface area contributed by atoms with Crippen molar-refractivity contribution in [2.45, 2.75) is 45.8 Å². The largest absolute Gasteiger partial charge is 0.466 e. The highest BCUT2D eigenvalue weighted by Gasteiger charge is 2.36. The first kappa shape index (κ1) is 19.3. The van der Waals surface area contributed by atoms with Crippen LogP contribution in [0.15, 0.2) is 41.2 Å². The van der Waals surface area contributed by atoms with Crippen molar-refractivity contribution >= 4 is 16.9 Å². The summed E-state index contributed by atoms with van der Waals surface area (Å²) in [4.78, 5) is 30.0. The van der Waals surface area contributed by atoms with E-state index in [4.69, 9.17) is 9.72 Å². The second-order valence-corrected chi connectivity index (χ2v) is 7.52. The van der Waals surface area contributed by atoms with Crippen molar-refractivity contribution in [3.05, 3.63) is 63.4 Å². The number of pyridine rings is 2. The summed E-state index contributed by atoms with van der Waals surface area (Å²) in [5.74, 6) is -0.485. The SMILES string of the molecule is CCOC(=O)CC(O)(CC)c1cc2n(c(=O)c1C)Cc1cc3ccccc3nc1-2. The number of nitrogens with zero attached hydrogens (tertiary/aromatic N) is 2. The summed E-state index contributed by atoms with van der Waals surface area (Å²) in [7, 11) is 0. The minimum atomic E-state index is -1.47. The number of fused-ring (bicyclic) bond motifs is 4. The molecule has 0 saturated heterocycles. The van der Waals surface area contributed by atoms with E-state index in [1.54, 1.807) is 25.3 Å². The van der Waals surface area contributed by atoms with Crippen LogP contribution in [0.25, 0.3) is 22.3 Å². The van der Waals surface area contributed by atoms with Crippen molar-refractivity contribution in [1.29, 1.82) is 0 Å². The second kappa shape index (κ2) is 7.12. The monoisotopic (exact) mass is 392 g/mol. The lowest BCUT2D eigenvalue weighted by atomic mass is 9.85. The predicted octanol–water partition coefficient (Wildman–Crippen LogP) is 3.28. The molecule has 150 valence electrons. The smallest absolute Gasteiger partial charge is 0.309 e. The zero-order valence-electron chi connectivity index (χ0n) is 16.9. The number of para-hydroxylation sites is 1. The molecule has 6 nitrogen and oxygen atoms in total. The van der Waals surface area contributed by atoms with E-state index >= 15 is 0 Å². The first-order valence-corrected chi connectivity index (χ1v) is 9.90. The van der Waals surface area contributed by atoms with Gasteiger partial charge in [0.2, 0.25) is 0 Å². The topological polar surface area (TPSA) is 81.4 Å². The molecule has 0 amide bonds. The number of rotatable bonds is 5. The first-order chi connectivity index (χ1) is 13.9. The van der Waals surface area contributed by atoms with Gasteiger partial charge in [-0.15, -0.1) is 0 Å². The van der Waals surface area contributed by atoms with Crippen molar-refractivity contribution in [3.8, 4) is 11.4 Å². The van der Waals surface area contributed by atoms with Crippen LogP contribution in [0.4, 0.5) is 0 Å². The zero-order chi connectivity index (χ0) is 20.8. The summed E-state index contributed by atoms with van der Waals surface area (Å²) in [5.41, 5.74) is 2.52. The number of ether oxygens (including phenoxy) is 1. The summed E-state index contributed by atoms with van der Waals surface area (Å²) in [5, 5.41) is 12.3. The standard InChI is InChI=1S/C23H24N2O4/c1-4-23(28,12-20(26)29-5-2)17-11-19-21-16(13-25(19)22(27)14(17)3)10-15-8-6-7-9-18(15)24-21/h6-11,28H,4-5,12-13H2,1-3H3. The molecule has 6 heteroatoms. The van der Waals surface area contributed by atoms with Crippen LogP contribution in [-0.2, 0) is 21.7 Å². The average Bonchev–Trinajstić information content (AvgIpc) is 3.06. The van der Waals surface area contributed by atoms with Gasteiger partial charge in [-0.1, -0.05) is 25.1 Å². The molecule has 0 bridgehead atoms. The summed E-state index contributed by atoms with van der Waals surface area (Å²) in [6, 6.07) is 11.7. The van der Waals surface area contributed by atoms with Gasteiger partial charge >= 0.3 is 5.97 Å². The Balaban J connectivity index is 1.88. The third-order valence-electron chi connectivity index (χ3n) is 5.74. The van der Waals surface area contributed by atoms with E-state index in [2.05, 4.69) is 6.07 Å². The molecule has 2 aromatic heterocycles. The van der Waals surface area contributed by atoms with Gasteiger partial charge in [0.05, 0.1) is 36.5 Å². The maximum atomic E-state index is 13.1. The second-order valence-electron chi connectivity index (χ2n) is 7.52. The van der Waals surface area contributed by atoms with E-state index < -0.39 is 11.6 Å². The van der Waals surface area contributed by atoms with Crippen LogP contribution in [0.5, 0.6) is 0 Å². The van der Waals surface area contributed by atoms with Crippen LogP contribution in [0.2, 0.25) is 0 Å². The van der Waals surface area contributed by atoms with Gasteiger partial charge in [0.15, 0.2) is 0 Å². The van der Waals surface area contributed by atoms with Gasteiger partial charge in [-0.05, 0) is 44.0 Å². The number of hydrogen-bond donors (Lipinski definition) is 1. The maximum Gasteiger partial charge on any atom is 0.309 e. The Morgan fingerprint density at radius 2 is 2.03 bits per heavy atom. The number of carbonyl (C=O) groups is 1. The van der Waals surface area contributed by atoms with Gasteiger partial charge in [0.1, 0.15) is 5.60 Å². The molecule has 1 N–H and O–H groups in total. The summed E-state index contributed by atoms with van der Waals surface area (Å²) < 4.78 is 6.72. The Hall–Kier alpha value is -2.99. The van der Waals surface area contributed by atoms with E-state index in [-0.39, 0.29) is 25.0 Å². The Morgan fingerprint density at radius 3 is 2.76 bits per heavy atom. The fraction of sp³-hybridized carbons (Fsp3) is 0.348. The van der Waals surface area contributed by atoms with Crippen molar-refractivity contribution in [2.75, 3.05) is 6.61 Å². The molecule has 1 aliphatic rings. The number of hydrogen-bond acceptors (Lipinski definition) is 5. The maximum absolute atomic E-state index is 13.1. The summed E-state index contributed by atoms with van der Waals surface area (Å²) in [6.45, 7) is 5.91. The number of aromatic nitrogens is 2. The minimum absolute atomic E-state index is 0.171. The van der Waals surface area contributed by atoms with Gasteiger partial charge in [-0.3, -0.25) is 9.59 Å². The number of aliphatic hydroxyl groups is 1. The van der Waals surface area contributed by atoms with E-state index in [9.17, 15) is 14.7 Å². The molecule has 29 heavy (non-hydrogen) atoms. The van der Waals surface area contributed by atoms with E-state index in [0.29, 0.717) is 23.4 Å². The minimum Gasteiger partial charge on any atom is -0.466 e. The average molecular weight is 392 g/mol. The molecule has 0 fully saturated rings. The van der Waals surface area contributed by atoms with Crippen LogP contribution < -0.4 is 5.56 Å². The normalized spacial score (nSPS) is 14.3. The lowest BCUT2D eigenvalue weighted by molar-refractivity contribution is -0.149. The summed E-state index contributed by atoms with van der Waals surface area (Å²) in [6.07, 6.45) is 0.0899. The number of carbonyl (C=O) groups excluding carboxylic acids is 1. The molecular formula is C23H24N2O4. The molecule has 1 atom stereocenters. The van der Waals surface area contributed by atoms with Crippen LogP contribution >= 0.6 is 0 Å². The van der Waals surface area contributed by atoms with Crippen molar-refractivity contribution < 1.29 is 14.6 Å². The van der Waals surface area contributed by atoms with Gasteiger partial charge in [-0.25, -0.2) is 4.98 Å². The summed E-state index contributed by atoms with van der Waals surface area (Å²) >= 11 is 0. The Bertz CT molecular complexity index is 1180. The van der Waals surface area contributed by atoms with Gasteiger partial charge in [0.25, 0.3) is 5.56 Å². The van der Waals surface area contributed by atoms with Crippen LogP contribution in [-0.4, -0.2) is 27.2 Å². The Morgan fingerprint density at radius 1 is 1.28 bits per heavy atom. The molecule has 0 spiro atoms. The number of benzene rings is 1. The van der Waals surface area contributed by atoms with Crippen molar-refractivity contribution in [2.24, 2.45) is 0 Å². The third-order valence-corrected chi connectivity index (χ3v) is 5.74. The lowest BCUT2D eigenvalue weighted by Gasteiger charge is -2.28. The predicted molar refractivity (Wildman–Crippen MR) is 111 cm³/mol. The van der Waals surface area contributed by atoms with E-state index in [1.807, 2.05) is 30.3 Å². The van der Waals surface area contributed by atoms with Crippen molar-refractivity contribution in [3.63, 3.8) is 0 Å². The molecule has 4 rings (SSSR count). The van der Waals surface area contributed by atoms with E-state index in [1.165, 1.54) is 0 Å². The molecule has 0 radical (unpaired) electrons. The van der Waals surface area contributed by atoms with Gasteiger partial charge in [0, 0.05) is 16.5 Å². The van der Waals surface area contributed by atoms with Crippen LogP contribution in [0, 0.1) is 6.92 Å². The molecule has 3 aromatic rings. The van der Waals surface area contributed by atoms with E-state index in [0.717, 1.165) is 22.2 Å². The molecule has 1 unspecified atom stereocenters. The third kappa shape index (κ3) is 3.13. The van der Waals surface area contributed by atoms with Crippen LogP contribution in [0.3, 0.4) is 0 Å². The quantitative estimate of drug-likeness (QED) is 0.527. The highest BCUT2D eigenvalue weighted by atomic mass is 16.5. The molecule has 1 aromatic carbocycles. The lowest BCUT2D eigenvalue weighted by Crippen LogP contribution is -2.34. The van der Waals surface area contributed by atoms with Gasteiger partial charge in [-0.2, -0.15) is 0 Å². The Kier molecular flexibility index (Phi) is 4.74. The van der Waals surface area contributed by atoms with Crippen molar-refractivity contribution in [1.82, 2.24) is 9.55 Å². The first-order valence-electron chi connectivity index (χ1n) is 9.90. The molecule has 0 saturated carbocycles. The highest BCUT2D eigenvalue weighted by Crippen LogP contribution is 2.37. The zero-order valence-corrected chi connectivity index (χ0v) is 16.9. The fourth-order valence-electron chi connectivity index (χ4n) is 4.12. The van der Waals surface area contributed by atoms with Crippen LogP contribution in [0.1, 0.15) is 43.4 Å².